The number of thioether (sulfide) groups is 2. The van der Waals surface area contributed by atoms with Gasteiger partial charge in [0, 0.05) is 22.8 Å². The first-order chi connectivity index (χ1) is 17.9. The number of β-lactam (4-membered cyclic amide) rings is 1. The van der Waals surface area contributed by atoms with E-state index in [0.717, 1.165) is 34.1 Å². The molecule has 3 fully saturated rings. The van der Waals surface area contributed by atoms with Gasteiger partial charge in [-0.2, -0.15) is 0 Å². The van der Waals surface area contributed by atoms with Gasteiger partial charge in [0.15, 0.2) is 0 Å². The van der Waals surface area contributed by atoms with Crippen LogP contribution in [0.25, 0.3) is 10.8 Å². The molecule has 190 valence electrons. The average Bonchev–Trinajstić information content (AvgIpc) is 3.65. The maximum atomic E-state index is 13.1. The van der Waals surface area contributed by atoms with Gasteiger partial charge in [-0.25, -0.2) is 4.79 Å². The SMILES string of the molecule is O=C(CSc1ccc2ccccc2c1)N[C@@H]1C(=O)N2C(C(=O)O)=C(C(=C3CCNC3=O)C3CC3)CS[C@H]12. The predicted octanol–water partition coefficient (Wildman–Crippen LogP) is 2.90. The molecule has 37 heavy (non-hydrogen) atoms. The van der Waals surface area contributed by atoms with Gasteiger partial charge in [-0.15, -0.1) is 23.5 Å². The van der Waals surface area contributed by atoms with E-state index in [9.17, 15) is 24.3 Å². The molecule has 1 aliphatic carbocycles. The number of nitrogens with one attached hydrogen (secondary N) is 2. The van der Waals surface area contributed by atoms with Gasteiger partial charge in [-0.05, 0) is 59.2 Å². The number of fused-ring (bicyclic) bond motifs is 2. The Balaban J connectivity index is 1.17. The summed E-state index contributed by atoms with van der Waals surface area (Å²) in [5.41, 5.74) is 2.00. The molecular weight excluding hydrogens is 510 g/mol. The minimum absolute atomic E-state index is 0.0427. The van der Waals surface area contributed by atoms with Gasteiger partial charge < -0.3 is 15.7 Å². The van der Waals surface area contributed by atoms with Gasteiger partial charge in [-0.3, -0.25) is 19.3 Å². The second-order valence-corrected chi connectivity index (χ2v) is 11.7. The molecule has 0 aromatic heterocycles. The van der Waals surface area contributed by atoms with Crippen molar-refractivity contribution in [3.63, 3.8) is 0 Å². The van der Waals surface area contributed by atoms with E-state index in [2.05, 4.69) is 10.6 Å². The summed E-state index contributed by atoms with van der Waals surface area (Å²) in [7, 11) is 0. The Labute approximate surface area is 221 Å². The molecule has 4 aliphatic rings. The van der Waals surface area contributed by atoms with Gasteiger partial charge in [0.25, 0.3) is 5.91 Å². The third-order valence-electron chi connectivity index (χ3n) is 7.15. The minimum Gasteiger partial charge on any atom is -0.477 e. The maximum Gasteiger partial charge on any atom is 0.352 e. The Hall–Kier alpha value is -3.24. The molecule has 0 radical (unpaired) electrons. The summed E-state index contributed by atoms with van der Waals surface area (Å²) in [4.78, 5) is 52.8. The summed E-state index contributed by atoms with van der Waals surface area (Å²) in [5.74, 6) is -1.31. The zero-order valence-corrected chi connectivity index (χ0v) is 21.5. The number of carboxylic acids is 1. The highest BCUT2D eigenvalue weighted by Gasteiger charge is 2.55. The van der Waals surface area contributed by atoms with Crippen molar-refractivity contribution in [3.05, 3.63) is 64.9 Å². The molecule has 3 N–H and O–H groups in total. The van der Waals surface area contributed by atoms with Crippen LogP contribution in [-0.4, -0.2) is 63.2 Å². The Morgan fingerprint density at radius 1 is 1.14 bits per heavy atom. The highest BCUT2D eigenvalue weighted by molar-refractivity contribution is 8.00. The molecule has 0 spiro atoms. The number of benzene rings is 2. The molecule has 0 unspecified atom stereocenters. The van der Waals surface area contributed by atoms with Gasteiger partial charge in [-0.1, -0.05) is 30.3 Å². The standard InChI is InChI=1S/C27H25N3O5S2/c31-20(13-36-17-8-7-14-3-1-2-4-16(14)11-17)29-22-25(33)30-23(27(34)35)19(12-37-26(22)30)21(15-5-6-15)18-9-10-28-24(18)32/h1-4,7-8,11,15,22,26H,5-6,9-10,12-13H2,(H,28,32)(H,29,31)(H,34,35)/t22-,26-/m1/s1. The first kappa shape index (κ1) is 24.1. The monoisotopic (exact) mass is 535 g/mol. The number of hydrogen-bond acceptors (Lipinski definition) is 6. The van der Waals surface area contributed by atoms with Crippen molar-refractivity contribution in [1.82, 2.24) is 15.5 Å². The van der Waals surface area contributed by atoms with Gasteiger partial charge >= 0.3 is 5.97 Å². The topological polar surface area (TPSA) is 116 Å². The fourth-order valence-corrected chi connectivity index (χ4v) is 7.39. The fraction of sp³-hybridized carbons (Fsp3) is 0.333. The summed E-state index contributed by atoms with van der Waals surface area (Å²) >= 11 is 2.84. The summed E-state index contributed by atoms with van der Waals surface area (Å²) in [6.07, 6.45) is 2.40. The van der Waals surface area contributed by atoms with Crippen LogP contribution in [0.3, 0.4) is 0 Å². The summed E-state index contributed by atoms with van der Waals surface area (Å²) in [5, 5.41) is 17.5. The van der Waals surface area contributed by atoms with Crippen LogP contribution in [0.5, 0.6) is 0 Å². The molecule has 2 aromatic carbocycles. The highest BCUT2D eigenvalue weighted by Crippen LogP contribution is 2.49. The van der Waals surface area contributed by atoms with E-state index < -0.39 is 23.3 Å². The maximum absolute atomic E-state index is 13.1. The van der Waals surface area contributed by atoms with Crippen molar-refractivity contribution in [3.8, 4) is 0 Å². The average molecular weight is 536 g/mol. The molecule has 3 amide bonds. The first-order valence-electron chi connectivity index (χ1n) is 12.3. The smallest absolute Gasteiger partial charge is 0.352 e. The molecule has 8 nitrogen and oxygen atoms in total. The first-order valence-corrected chi connectivity index (χ1v) is 14.3. The Kier molecular flexibility index (Phi) is 6.24. The van der Waals surface area contributed by atoms with Crippen LogP contribution in [0, 0.1) is 5.92 Å². The lowest BCUT2D eigenvalue weighted by Gasteiger charge is -2.49. The number of hydrogen-bond donors (Lipinski definition) is 3. The number of rotatable bonds is 7. The predicted molar refractivity (Wildman–Crippen MR) is 142 cm³/mol. The van der Waals surface area contributed by atoms with Crippen molar-refractivity contribution < 1.29 is 24.3 Å². The molecule has 2 saturated heterocycles. The summed E-state index contributed by atoms with van der Waals surface area (Å²) in [6.45, 7) is 0.545. The Morgan fingerprint density at radius 2 is 1.92 bits per heavy atom. The van der Waals surface area contributed by atoms with Crippen LogP contribution >= 0.6 is 23.5 Å². The largest absolute Gasteiger partial charge is 0.477 e. The third-order valence-corrected chi connectivity index (χ3v) is 9.42. The van der Waals surface area contributed by atoms with E-state index in [1.165, 1.54) is 28.4 Å². The lowest BCUT2D eigenvalue weighted by Crippen LogP contribution is -2.70. The zero-order valence-electron chi connectivity index (χ0n) is 19.9. The highest BCUT2D eigenvalue weighted by atomic mass is 32.2. The number of nitrogens with zero attached hydrogens (tertiary/aromatic N) is 1. The molecule has 6 rings (SSSR count). The second kappa shape index (κ2) is 9.57. The van der Waals surface area contributed by atoms with Crippen LogP contribution in [0.15, 0.2) is 69.8 Å². The van der Waals surface area contributed by atoms with E-state index in [1.807, 2.05) is 42.5 Å². The molecule has 0 bridgehead atoms. The second-order valence-electron chi connectivity index (χ2n) is 9.56. The van der Waals surface area contributed by atoms with Crippen LogP contribution in [0.2, 0.25) is 0 Å². The molecular formula is C27H25N3O5S2. The lowest BCUT2D eigenvalue weighted by atomic mass is 9.91. The van der Waals surface area contributed by atoms with Gasteiger partial charge in [0.05, 0.1) is 5.75 Å². The lowest BCUT2D eigenvalue weighted by molar-refractivity contribution is -0.150. The van der Waals surface area contributed by atoms with Crippen molar-refractivity contribution >= 4 is 58.0 Å². The number of aliphatic carboxylic acids is 1. The molecule has 1 saturated carbocycles. The van der Waals surface area contributed by atoms with Crippen LogP contribution in [0.4, 0.5) is 0 Å². The summed E-state index contributed by atoms with van der Waals surface area (Å²) < 4.78 is 0. The summed E-state index contributed by atoms with van der Waals surface area (Å²) in [6, 6.07) is 13.2. The Bertz CT molecular complexity index is 1410. The van der Waals surface area contributed by atoms with E-state index in [1.54, 1.807) is 0 Å². The molecule has 2 aromatic rings. The van der Waals surface area contributed by atoms with Crippen LogP contribution in [0.1, 0.15) is 19.3 Å². The number of carbonyl (C=O) groups excluding carboxylic acids is 3. The van der Waals surface area contributed by atoms with E-state index in [4.69, 9.17) is 0 Å². The number of allylic oxidation sites excluding steroid dienone is 1. The van der Waals surface area contributed by atoms with Crippen LogP contribution < -0.4 is 10.6 Å². The number of carbonyl (C=O) groups is 4. The van der Waals surface area contributed by atoms with Gasteiger partial charge in [0.1, 0.15) is 17.1 Å². The quantitative estimate of drug-likeness (QED) is 0.284. The van der Waals surface area contributed by atoms with Crippen molar-refractivity contribution in [1.29, 1.82) is 0 Å². The minimum atomic E-state index is -1.18. The third kappa shape index (κ3) is 4.42. The van der Waals surface area contributed by atoms with Gasteiger partial charge in [0.2, 0.25) is 11.8 Å². The van der Waals surface area contributed by atoms with E-state index in [0.29, 0.717) is 29.9 Å². The molecule has 10 heteroatoms. The molecule has 3 heterocycles. The van der Waals surface area contributed by atoms with Crippen molar-refractivity contribution in [2.75, 3.05) is 18.1 Å². The number of amides is 3. The van der Waals surface area contributed by atoms with Crippen molar-refractivity contribution in [2.24, 2.45) is 5.92 Å². The Morgan fingerprint density at radius 3 is 2.62 bits per heavy atom. The zero-order chi connectivity index (χ0) is 25.7. The molecule has 3 aliphatic heterocycles. The van der Waals surface area contributed by atoms with E-state index in [-0.39, 0.29) is 29.2 Å². The van der Waals surface area contributed by atoms with Crippen molar-refractivity contribution in [2.45, 2.75) is 35.6 Å². The fourth-order valence-electron chi connectivity index (χ4n) is 5.27. The van der Waals surface area contributed by atoms with E-state index >= 15 is 0 Å². The number of carboxylic acid groups (broad SMARTS) is 1. The molecule has 2 atom stereocenters. The normalized spacial score (nSPS) is 24.5. The van der Waals surface area contributed by atoms with Crippen LogP contribution in [-0.2, 0) is 19.2 Å².